The minimum Gasteiger partial charge on any atom is -0.460 e. The maximum atomic E-state index is 12.1. The topological polar surface area (TPSA) is 113 Å². The summed E-state index contributed by atoms with van der Waals surface area (Å²) in [4.78, 5) is 48.3. The van der Waals surface area contributed by atoms with Crippen LogP contribution in [0.4, 0.5) is 0 Å². The minimum absolute atomic E-state index is 0.0652. The van der Waals surface area contributed by atoms with Crippen LogP contribution in [0.25, 0.3) is 21.9 Å². The smallest absolute Gasteiger partial charge is 0.374 e. The van der Waals surface area contributed by atoms with Gasteiger partial charge in [-0.1, -0.05) is 24.3 Å². The number of fused-ring (bicyclic) bond motifs is 2. The van der Waals surface area contributed by atoms with Crippen LogP contribution in [-0.2, 0) is 9.47 Å². The Hall–Kier alpha value is -4.20. The summed E-state index contributed by atoms with van der Waals surface area (Å²) in [6.07, 6.45) is 0.201. The standard InChI is InChI=1S/C23H16O8/c24-16-12-20(30-18-8-3-1-6-14(16)18)22(26)28-10-5-11-29-23(27)21-13-17(25)15-7-2-4-9-19(15)31-21/h1-4,6-9,12-13H,5,10-11H2. The molecular formula is C23H16O8. The van der Waals surface area contributed by atoms with Crippen LogP contribution in [0.15, 0.2) is 79.1 Å². The Morgan fingerprint density at radius 3 is 1.55 bits per heavy atom. The van der Waals surface area contributed by atoms with Gasteiger partial charge in [0.05, 0.1) is 24.0 Å². The van der Waals surface area contributed by atoms with Crippen LogP contribution < -0.4 is 10.9 Å². The van der Waals surface area contributed by atoms with Gasteiger partial charge in [-0.25, -0.2) is 9.59 Å². The molecule has 0 atom stereocenters. The molecule has 0 aliphatic heterocycles. The van der Waals surface area contributed by atoms with Gasteiger partial charge in [-0.15, -0.1) is 0 Å². The van der Waals surface area contributed by atoms with Crippen LogP contribution >= 0.6 is 0 Å². The van der Waals surface area contributed by atoms with Crippen molar-refractivity contribution >= 4 is 33.9 Å². The lowest BCUT2D eigenvalue weighted by Crippen LogP contribution is -2.14. The molecule has 4 rings (SSSR count). The molecule has 2 aromatic heterocycles. The van der Waals surface area contributed by atoms with E-state index in [-0.39, 0.29) is 53.2 Å². The van der Waals surface area contributed by atoms with E-state index in [4.69, 9.17) is 18.3 Å². The molecule has 8 heteroatoms. The highest BCUT2D eigenvalue weighted by Crippen LogP contribution is 2.14. The fourth-order valence-corrected chi connectivity index (χ4v) is 2.94. The Morgan fingerprint density at radius 2 is 1.10 bits per heavy atom. The van der Waals surface area contributed by atoms with E-state index in [0.29, 0.717) is 10.8 Å². The number of carbonyl (C=O) groups excluding carboxylic acids is 2. The first kappa shape index (κ1) is 20.1. The van der Waals surface area contributed by atoms with E-state index in [2.05, 4.69) is 0 Å². The van der Waals surface area contributed by atoms with E-state index in [0.717, 1.165) is 12.1 Å². The molecule has 0 radical (unpaired) electrons. The lowest BCUT2D eigenvalue weighted by molar-refractivity contribution is 0.0359. The lowest BCUT2D eigenvalue weighted by atomic mass is 10.2. The highest BCUT2D eigenvalue weighted by Gasteiger charge is 2.15. The van der Waals surface area contributed by atoms with Crippen molar-refractivity contribution in [2.45, 2.75) is 6.42 Å². The summed E-state index contributed by atoms with van der Waals surface area (Å²) in [7, 11) is 0. The van der Waals surface area contributed by atoms with Gasteiger partial charge in [0.1, 0.15) is 11.2 Å². The zero-order valence-corrected chi connectivity index (χ0v) is 16.2. The van der Waals surface area contributed by atoms with Crippen molar-refractivity contribution in [3.63, 3.8) is 0 Å². The summed E-state index contributed by atoms with van der Waals surface area (Å²) < 4.78 is 20.9. The molecule has 0 aliphatic carbocycles. The Balaban J connectivity index is 1.30. The van der Waals surface area contributed by atoms with Crippen molar-refractivity contribution in [1.82, 2.24) is 0 Å². The molecule has 8 nitrogen and oxygen atoms in total. The van der Waals surface area contributed by atoms with Crippen molar-refractivity contribution < 1.29 is 27.9 Å². The second-order valence-electron chi connectivity index (χ2n) is 6.57. The first-order chi connectivity index (χ1) is 15.0. The number of esters is 2. The summed E-state index contributed by atoms with van der Waals surface area (Å²) in [6, 6.07) is 15.3. The molecule has 2 heterocycles. The number of para-hydroxylation sites is 2. The third-order valence-electron chi connectivity index (χ3n) is 4.43. The van der Waals surface area contributed by atoms with E-state index in [9.17, 15) is 19.2 Å². The van der Waals surface area contributed by atoms with Gasteiger partial charge in [0.25, 0.3) is 0 Å². The molecule has 0 fully saturated rings. The van der Waals surface area contributed by atoms with E-state index >= 15 is 0 Å². The summed E-state index contributed by atoms with van der Waals surface area (Å²) in [5.41, 5.74) is -0.125. The van der Waals surface area contributed by atoms with Crippen molar-refractivity contribution in [2.24, 2.45) is 0 Å². The molecule has 0 aliphatic rings. The zero-order chi connectivity index (χ0) is 21.8. The predicted molar refractivity (Wildman–Crippen MR) is 110 cm³/mol. The number of benzene rings is 2. The first-order valence-electron chi connectivity index (χ1n) is 9.43. The van der Waals surface area contributed by atoms with Gasteiger partial charge in [-0.3, -0.25) is 9.59 Å². The van der Waals surface area contributed by atoms with Crippen LogP contribution in [0.5, 0.6) is 0 Å². The predicted octanol–water partition coefficient (Wildman–Crippen LogP) is 3.30. The van der Waals surface area contributed by atoms with E-state index in [1.807, 2.05) is 0 Å². The Bertz CT molecular complexity index is 1290. The van der Waals surface area contributed by atoms with Gasteiger partial charge >= 0.3 is 11.9 Å². The van der Waals surface area contributed by atoms with Crippen LogP contribution in [0.3, 0.4) is 0 Å². The fraction of sp³-hybridized carbons (Fsp3) is 0.130. The van der Waals surface area contributed by atoms with Crippen LogP contribution in [0.1, 0.15) is 27.5 Å². The van der Waals surface area contributed by atoms with Crippen LogP contribution in [0.2, 0.25) is 0 Å². The Morgan fingerprint density at radius 1 is 0.677 bits per heavy atom. The van der Waals surface area contributed by atoms with Gasteiger partial charge in [0.15, 0.2) is 10.9 Å². The summed E-state index contributed by atoms with van der Waals surface area (Å²) in [5, 5.41) is 0.734. The Kier molecular flexibility index (Phi) is 5.61. The summed E-state index contributed by atoms with van der Waals surface area (Å²) >= 11 is 0. The minimum atomic E-state index is -0.797. The third kappa shape index (κ3) is 4.37. The number of rotatable bonds is 6. The van der Waals surface area contributed by atoms with Crippen molar-refractivity contribution in [2.75, 3.05) is 13.2 Å². The molecule has 0 N–H and O–H groups in total. The van der Waals surface area contributed by atoms with Gasteiger partial charge in [0.2, 0.25) is 11.5 Å². The van der Waals surface area contributed by atoms with Crippen LogP contribution in [-0.4, -0.2) is 25.2 Å². The largest absolute Gasteiger partial charge is 0.460 e. The maximum absolute atomic E-state index is 12.1. The SMILES string of the molecule is O=C(OCCCOC(=O)c1cc(=O)c2ccccc2o1)c1cc(=O)c2ccccc2o1. The van der Waals surface area contributed by atoms with Gasteiger partial charge in [-0.05, 0) is 24.3 Å². The molecule has 0 unspecified atom stereocenters. The van der Waals surface area contributed by atoms with Gasteiger partial charge in [0, 0.05) is 18.6 Å². The van der Waals surface area contributed by atoms with E-state index < -0.39 is 11.9 Å². The molecule has 156 valence electrons. The molecular weight excluding hydrogens is 404 g/mol. The number of ether oxygens (including phenoxy) is 2. The molecule has 0 saturated heterocycles. The van der Waals surface area contributed by atoms with Crippen LogP contribution in [0, 0.1) is 0 Å². The molecule has 0 amide bonds. The number of hydrogen-bond acceptors (Lipinski definition) is 8. The van der Waals surface area contributed by atoms with Crippen molar-refractivity contribution in [1.29, 1.82) is 0 Å². The Labute approximate surface area is 174 Å². The monoisotopic (exact) mass is 420 g/mol. The molecule has 2 aromatic carbocycles. The molecule has 4 aromatic rings. The molecule has 0 bridgehead atoms. The fourth-order valence-electron chi connectivity index (χ4n) is 2.94. The number of hydrogen-bond donors (Lipinski definition) is 0. The summed E-state index contributed by atoms with van der Waals surface area (Å²) in [6.45, 7) is -0.130. The second-order valence-corrected chi connectivity index (χ2v) is 6.57. The average Bonchev–Trinajstić information content (AvgIpc) is 2.78. The highest BCUT2D eigenvalue weighted by molar-refractivity contribution is 5.89. The van der Waals surface area contributed by atoms with Gasteiger partial charge in [-0.2, -0.15) is 0 Å². The van der Waals surface area contributed by atoms with Gasteiger partial charge < -0.3 is 18.3 Å². The normalized spacial score (nSPS) is 10.8. The average molecular weight is 420 g/mol. The molecule has 0 spiro atoms. The summed E-state index contributed by atoms with van der Waals surface area (Å²) in [5.74, 6) is -2.01. The quantitative estimate of drug-likeness (QED) is 0.345. The maximum Gasteiger partial charge on any atom is 0.374 e. The number of carbonyl (C=O) groups is 2. The second kappa shape index (κ2) is 8.66. The lowest BCUT2D eigenvalue weighted by Gasteiger charge is -2.06. The first-order valence-corrected chi connectivity index (χ1v) is 9.43. The van der Waals surface area contributed by atoms with E-state index in [1.54, 1.807) is 48.5 Å². The zero-order valence-electron chi connectivity index (χ0n) is 16.2. The molecule has 0 saturated carbocycles. The highest BCUT2D eigenvalue weighted by atomic mass is 16.6. The van der Waals surface area contributed by atoms with Crippen molar-refractivity contribution in [3.05, 3.63) is 92.6 Å². The third-order valence-corrected chi connectivity index (χ3v) is 4.43. The molecule has 31 heavy (non-hydrogen) atoms. The van der Waals surface area contributed by atoms with Crippen molar-refractivity contribution in [3.8, 4) is 0 Å². The van der Waals surface area contributed by atoms with E-state index in [1.165, 1.54) is 0 Å².